The second-order valence-electron chi connectivity index (χ2n) is 13.3. The third-order valence-electron chi connectivity index (χ3n) is 10.2. The maximum Gasteiger partial charge on any atom is 0.209 e. The molecule has 39 heavy (non-hydrogen) atoms. The van der Waals surface area contributed by atoms with Crippen molar-refractivity contribution in [1.82, 2.24) is 0 Å². The lowest BCUT2D eigenvalue weighted by atomic mass is 9.44. The average molecular weight is 537 g/mol. The number of aliphatic hydroxyl groups is 3. The molecule has 1 aromatic rings. The molecule has 4 aliphatic carbocycles. The van der Waals surface area contributed by atoms with E-state index in [1.165, 1.54) is 25.3 Å². The Labute approximate surface area is 229 Å². The number of hydrogen-bond acceptors (Lipinski definition) is 7. The molecule has 5 rings (SSSR count). The molecule has 1 saturated carbocycles. The van der Waals surface area contributed by atoms with Crippen LogP contribution < -0.4 is 0 Å². The Morgan fingerprint density at radius 1 is 1.05 bits per heavy atom. The maximum atomic E-state index is 14.1. The van der Waals surface area contributed by atoms with Gasteiger partial charge in [0, 0.05) is 22.3 Å². The molecule has 4 aliphatic rings. The molecule has 1 fully saturated rings. The van der Waals surface area contributed by atoms with E-state index in [0.29, 0.717) is 12.3 Å². The smallest absolute Gasteiger partial charge is 0.209 e. The van der Waals surface area contributed by atoms with Gasteiger partial charge < -0.3 is 20.4 Å². The summed E-state index contributed by atoms with van der Waals surface area (Å²) in [5.74, 6) is -4.35. The standard InChI is InChI=1S/C32H40O7/c1-16(2)24-26(35)22(17(3)33)28(37)32(39)29(38)25-27(36)23-20(14-30(25,4)15-31(24,32)5)19(11-12-21(23)34)13-18-9-7-6-8-10-18/h11-12,16,18,24,34-35,38-39H,6-10,13-15H2,1-5H3/t24?,30-,31-,32+/m1/s1. The summed E-state index contributed by atoms with van der Waals surface area (Å²) in [6.45, 7) is 8.31. The van der Waals surface area contributed by atoms with Crippen LogP contribution in [0.15, 0.2) is 34.8 Å². The Morgan fingerprint density at radius 3 is 2.28 bits per heavy atom. The number of ketones is 3. The van der Waals surface area contributed by atoms with Crippen LogP contribution in [0, 0.1) is 28.6 Å². The van der Waals surface area contributed by atoms with Crippen molar-refractivity contribution in [2.24, 2.45) is 28.6 Å². The zero-order valence-corrected chi connectivity index (χ0v) is 23.6. The largest absolute Gasteiger partial charge is 0.511 e. The van der Waals surface area contributed by atoms with Crippen LogP contribution in [0.2, 0.25) is 0 Å². The van der Waals surface area contributed by atoms with E-state index in [1.807, 2.05) is 26.8 Å². The summed E-state index contributed by atoms with van der Waals surface area (Å²) >= 11 is 0. The predicted octanol–water partition coefficient (Wildman–Crippen LogP) is 5.47. The Balaban J connectivity index is 1.72. The third-order valence-corrected chi connectivity index (χ3v) is 10.2. The molecule has 210 valence electrons. The molecule has 0 heterocycles. The molecule has 0 spiro atoms. The number of aromatic hydroxyl groups is 1. The number of carbonyl (C=O) groups is 3. The molecule has 7 nitrogen and oxygen atoms in total. The summed E-state index contributed by atoms with van der Waals surface area (Å²) in [5, 5.41) is 46.0. The summed E-state index contributed by atoms with van der Waals surface area (Å²) in [7, 11) is 0. The van der Waals surface area contributed by atoms with Crippen molar-refractivity contribution in [2.45, 2.75) is 91.6 Å². The molecule has 7 heteroatoms. The molecule has 0 radical (unpaired) electrons. The minimum absolute atomic E-state index is 0.0970. The summed E-state index contributed by atoms with van der Waals surface area (Å²) in [6.07, 6.45) is 7.10. The lowest BCUT2D eigenvalue weighted by molar-refractivity contribution is -0.171. The van der Waals surface area contributed by atoms with Gasteiger partial charge in [0.2, 0.25) is 5.78 Å². The normalized spacial score (nSPS) is 33.3. The SMILES string of the molecule is CC(=O)C1=C(O)C(C(C)C)[C@@]2(C)C[C@@]3(C)Cc4c(CC5CCCCC5)ccc(O)c4C(=O)C3=C(O)[C@@]2(O)C1=O. The fourth-order valence-electron chi connectivity index (χ4n) is 8.69. The van der Waals surface area contributed by atoms with E-state index < -0.39 is 51.0 Å². The van der Waals surface area contributed by atoms with Crippen molar-refractivity contribution in [1.29, 1.82) is 0 Å². The Kier molecular flexibility index (Phi) is 6.41. The highest BCUT2D eigenvalue weighted by atomic mass is 16.3. The number of hydrogen-bond donors (Lipinski definition) is 4. The van der Waals surface area contributed by atoms with E-state index in [2.05, 4.69) is 0 Å². The van der Waals surface area contributed by atoms with Crippen molar-refractivity contribution in [3.8, 4) is 5.75 Å². The van der Waals surface area contributed by atoms with Gasteiger partial charge in [0.25, 0.3) is 0 Å². The summed E-state index contributed by atoms with van der Waals surface area (Å²) in [4.78, 5) is 40.4. The molecule has 0 aromatic heterocycles. The van der Waals surface area contributed by atoms with Gasteiger partial charge in [-0.05, 0) is 55.2 Å². The summed E-state index contributed by atoms with van der Waals surface area (Å²) < 4.78 is 0. The van der Waals surface area contributed by atoms with Gasteiger partial charge >= 0.3 is 0 Å². The molecule has 0 bridgehead atoms. The lowest BCUT2D eigenvalue weighted by Crippen LogP contribution is -2.67. The van der Waals surface area contributed by atoms with Gasteiger partial charge in [-0.15, -0.1) is 0 Å². The molecule has 4 N–H and O–H groups in total. The van der Waals surface area contributed by atoms with Crippen LogP contribution >= 0.6 is 0 Å². The van der Waals surface area contributed by atoms with Crippen molar-refractivity contribution in [3.05, 3.63) is 51.5 Å². The number of phenols is 1. The van der Waals surface area contributed by atoms with E-state index in [1.54, 1.807) is 6.92 Å². The third kappa shape index (κ3) is 3.68. The van der Waals surface area contributed by atoms with Crippen LogP contribution in [0.1, 0.15) is 94.6 Å². The first-order chi connectivity index (χ1) is 18.2. The monoisotopic (exact) mass is 536 g/mol. The van der Waals surface area contributed by atoms with E-state index >= 15 is 0 Å². The highest BCUT2D eigenvalue weighted by molar-refractivity contribution is 6.25. The molecule has 1 unspecified atom stereocenters. The first kappa shape index (κ1) is 27.6. The van der Waals surface area contributed by atoms with Gasteiger partial charge in [-0.25, -0.2) is 0 Å². The van der Waals surface area contributed by atoms with E-state index in [4.69, 9.17) is 0 Å². The van der Waals surface area contributed by atoms with Crippen LogP contribution in [-0.2, 0) is 22.4 Å². The van der Waals surface area contributed by atoms with Crippen molar-refractivity contribution in [3.63, 3.8) is 0 Å². The lowest BCUT2D eigenvalue weighted by Gasteiger charge is -2.59. The highest BCUT2D eigenvalue weighted by Crippen LogP contribution is 2.65. The number of allylic oxidation sites excluding steroid dienone is 2. The van der Waals surface area contributed by atoms with Gasteiger partial charge in [0.05, 0.1) is 5.56 Å². The predicted molar refractivity (Wildman–Crippen MR) is 146 cm³/mol. The molecule has 0 aliphatic heterocycles. The zero-order chi connectivity index (χ0) is 28.7. The van der Waals surface area contributed by atoms with Gasteiger partial charge in [0.1, 0.15) is 22.8 Å². The molecule has 1 aromatic carbocycles. The number of aliphatic hydroxyl groups excluding tert-OH is 2. The molecular formula is C32H40O7. The Hall–Kier alpha value is -2.93. The minimum atomic E-state index is -2.58. The van der Waals surface area contributed by atoms with E-state index in [0.717, 1.165) is 37.3 Å². The number of fused-ring (bicyclic) bond motifs is 3. The number of Topliss-reactive ketones (excluding diaryl/α,β-unsaturated/α-hetero) is 3. The molecule has 4 atom stereocenters. The zero-order valence-electron chi connectivity index (χ0n) is 23.6. The van der Waals surface area contributed by atoms with Crippen molar-refractivity contribution < 1.29 is 34.8 Å². The second kappa shape index (κ2) is 9.05. The van der Waals surface area contributed by atoms with Crippen LogP contribution in [0.5, 0.6) is 5.75 Å². The first-order valence-electron chi connectivity index (χ1n) is 14.2. The first-order valence-corrected chi connectivity index (χ1v) is 14.2. The second-order valence-corrected chi connectivity index (χ2v) is 13.3. The fourth-order valence-corrected chi connectivity index (χ4v) is 8.69. The van der Waals surface area contributed by atoms with Crippen LogP contribution in [0.25, 0.3) is 0 Å². The molecule has 0 saturated heterocycles. The number of benzene rings is 1. The van der Waals surface area contributed by atoms with Crippen molar-refractivity contribution in [2.75, 3.05) is 0 Å². The van der Waals surface area contributed by atoms with Gasteiger partial charge in [0.15, 0.2) is 17.2 Å². The number of rotatable bonds is 4. The molecule has 0 amide bonds. The highest BCUT2D eigenvalue weighted by Gasteiger charge is 2.71. The van der Waals surface area contributed by atoms with Crippen LogP contribution in [-0.4, -0.2) is 43.4 Å². The van der Waals surface area contributed by atoms with Gasteiger partial charge in [-0.2, -0.15) is 0 Å². The molecular weight excluding hydrogens is 496 g/mol. The fraction of sp³-hybridized carbons (Fsp3) is 0.594. The maximum absolute atomic E-state index is 14.1. The summed E-state index contributed by atoms with van der Waals surface area (Å²) in [6, 6.07) is 3.41. The van der Waals surface area contributed by atoms with Gasteiger partial charge in [-0.3, -0.25) is 14.4 Å². The number of carbonyl (C=O) groups excluding carboxylic acids is 3. The topological polar surface area (TPSA) is 132 Å². The quantitative estimate of drug-likeness (QED) is 0.375. The average Bonchev–Trinajstić information content (AvgIpc) is 2.83. The van der Waals surface area contributed by atoms with Gasteiger partial charge in [-0.1, -0.05) is 65.9 Å². The Bertz CT molecular complexity index is 1340. The van der Waals surface area contributed by atoms with Crippen molar-refractivity contribution >= 4 is 17.3 Å². The van der Waals surface area contributed by atoms with E-state index in [9.17, 15) is 34.8 Å². The summed E-state index contributed by atoms with van der Waals surface area (Å²) in [5.41, 5.74) is -3.71. The van der Waals surface area contributed by atoms with Crippen LogP contribution in [0.4, 0.5) is 0 Å². The van der Waals surface area contributed by atoms with E-state index in [-0.39, 0.29) is 35.0 Å². The van der Waals surface area contributed by atoms with Crippen LogP contribution in [0.3, 0.4) is 0 Å². The number of phenolic OH excluding ortho intramolecular Hbond substituents is 1. The minimum Gasteiger partial charge on any atom is -0.511 e. The Morgan fingerprint density at radius 2 is 1.69 bits per heavy atom.